The van der Waals surface area contributed by atoms with Gasteiger partial charge in [-0.15, -0.1) is 11.3 Å². The number of hydrogen-bond donors (Lipinski definition) is 1. The minimum atomic E-state index is -0.555. The fourth-order valence-electron chi connectivity index (χ4n) is 7.84. The quantitative estimate of drug-likeness (QED) is 0.124. The monoisotopic (exact) mass is 664 g/mol. The lowest BCUT2D eigenvalue weighted by atomic mass is 9.75. The first kappa shape index (κ1) is 31.5. The van der Waals surface area contributed by atoms with E-state index in [0.717, 1.165) is 54.3 Å². The van der Waals surface area contributed by atoms with Crippen LogP contribution >= 0.6 is 11.3 Å². The summed E-state index contributed by atoms with van der Waals surface area (Å²) in [5.74, 6) is -0.197. The van der Waals surface area contributed by atoms with Crippen molar-refractivity contribution in [3.8, 4) is 10.4 Å². The molecule has 3 aromatic carbocycles. The largest absolute Gasteiger partial charge is 0.462 e. The molecule has 2 aliphatic rings. The molecular formula is C43H40N2O3S. The molecule has 1 unspecified atom stereocenters. The first-order valence-electron chi connectivity index (χ1n) is 17.4. The third-order valence-corrected chi connectivity index (χ3v) is 11.6. The number of benzene rings is 3. The van der Waals surface area contributed by atoms with Crippen molar-refractivity contribution in [2.75, 3.05) is 6.61 Å². The molecule has 0 amide bonds. The van der Waals surface area contributed by atoms with Gasteiger partial charge in [0, 0.05) is 22.0 Å². The van der Waals surface area contributed by atoms with Gasteiger partial charge in [-0.3, -0.25) is 14.5 Å². The van der Waals surface area contributed by atoms with Gasteiger partial charge in [0.15, 0.2) is 0 Å². The van der Waals surface area contributed by atoms with Crippen LogP contribution in [-0.4, -0.2) is 17.0 Å². The van der Waals surface area contributed by atoms with Gasteiger partial charge in [-0.25, -0.2) is 4.79 Å². The molecule has 1 fully saturated rings. The molecule has 6 heteroatoms. The zero-order chi connectivity index (χ0) is 33.5. The molecule has 5 nitrogen and oxygen atoms in total. The van der Waals surface area contributed by atoms with Crippen molar-refractivity contribution < 1.29 is 9.53 Å². The molecule has 8 rings (SSSR count). The highest BCUT2D eigenvalue weighted by Gasteiger charge is 2.40. The van der Waals surface area contributed by atoms with E-state index in [1.807, 2.05) is 17.5 Å². The fraction of sp³-hybridized carbons (Fsp3) is 0.256. The van der Waals surface area contributed by atoms with E-state index >= 15 is 0 Å². The van der Waals surface area contributed by atoms with E-state index in [1.54, 1.807) is 17.4 Å². The Kier molecular flexibility index (Phi) is 8.30. The van der Waals surface area contributed by atoms with Crippen LogP contribution in [0.3, 0.4) is 0 Å². The van der Waals surface area contributed by atoms with Crippen molar-refractivity contribution in [1.82, 2.24) is 9.72 Å². The molecule has 1 atom stereocenters. The van der Waals surface area contributed by atoms with Crippen molar-refractivity contribution >= 4 is 22.8 Å². The zero-order valence-corrected chi connectivity index (χ0v) is 28.8. The summed E-state index contributed by atoms with van der Waals surface area (Å²) >= 11 is 1.88. The lowest BCUT2D eigenvalue weighted by molar-refractivity contribution is 0.0524. The first-order chi connectivity index (χ1) is 24.0. The first-order valence-corrected chi connectivity index (χ1v) is 18.2. The normalized spacial score (nSPS) is 16.0. The second kappa shape index (κ2) is 12.9. The van der Waals surface area contributed by atoms with E-state index in [9.17, 15) is 9.59 Å². The molecular weight excluding hydrogens is 625 g/mol. The van der Waals surface area contributed by atoms with Crippen molar-refractivity contribution in [2.45, 2.75) is 63.5 Å². The van der Waals surface area contributed by atoms with Crippen LogP contribution in [0, 0.1) is 6.92 Å². The number of thiophene rings is 1. The predicted molar refractivity (Wildman–Crippen MR) is 198 cm³/mol. The summed E-state index contributed by atoms with van der Waals surface area (Å²) in [6, 6.07) is 38.8. The molecule has 49 heavy (non-hydrogen) atoms. The number of rotatable bonds is 9. The van der Waals surface area contributed by atoms with E-state index < -0.39 is 11.5 Å². The Hall–Kier alpha value is -4.78. The molecule has 1 saturated carbocycles. The van der Waals surface area contributed by atoms with Crippen molar-refractivity contribution in [1.29, 1.82) is 0 Å². The second-order valence-electron chi connectivity index (χ2n) is 13.3. The van der Waals surface area contributed by atoms with Crippen LogP contribution in [0.15, 0.2) is 120 Å². The summed E-state index contributed by atoms with van der Waals surface area (Å²) in [6.07, 6.45) is 7.17. The number of aryl methyl sites for hydroxylation is 2. The minimum absolute atomic E-state index is 0.118. The average Bonchev–Trinajstić information content (AvgIpc) is 3.90. The van der Waals surface area contributed by atoms with Crippen LogP contribution in [0.25, 0.3) is 16.0 Å². The van der Waals surface area contributed by atoms with Gasteiger partial charge >= 0.3 is 5.97 Å². The molecule has 0 bridgehead atoms. The van der Waals surface area contributed by atoms with E-state index in [-0.39, 0.29) is 23.8 Å². The minimum Gasteiger partial charge on any atom is -0.462 e. The Morgan fingerprint density at radius 2 is 1.47 bits per heavy atom. The topological polar surface area (TPSA) is 59.8 Å². The summed E-state index contributed by atoms with van der Waals surface area (Å²) in [5, 5.41) is 4.27. The Morgan fingerprint density at radius 3 is 2.04 bits per heavy atom. The highest BCUT2D eigenvalue weighted by atomic mass is 32.1. The fourth-order valence-corrected chi connectivity index (χ4v) is 9.19. The second-order valence-corrected chi connectivity index (χ2v) is 14.4. The van der Waals surface area contributed by atoms with Crippen LogP contribution < -0.4 is 10.9 Å². The number of ether oxygens (including phenoxy) is 1. The third-order valence-electron chi connectivity index (χ3n) is 10.3. The van der Waals surface area contributed by atoms with Crippen LogP contribution in [0.5, 0.6) is 0 Å². The maximum absolute atomic E-state index is 13.6. The molecule has 0 radical (unpaired) electrons. The Balaban J connectivity index is 1.25. The summed E-state index contributed by atoms with van der Waals surface area (Å²) in [6.45, 7) is 4.12. The number of pyridine rings is 2. The molecule has 2 aliphatic carbocycles. The molecule has 246 valence electrons. The van der Waals surface area contributed by atoms with Crippen molar-refractivity contribution in [3.05, 3.63) is 170 Å². The Morgan fingerprint density at radius 1 is 0.857 bits per heavy atom. The number of nitrogens with one attached hydrogen (secondary N) is 1. The van der Waals surface area contributed by atoms with E-state index in [4.69, 9.17) is 4.74 Å². The average molecular weight is 665 g/mol. The van der Waals surface area contributed by atoms with E-state index in [2.05, 4.69) is 115 Å². The van der Waals surface area contributed by atoms with Gasteiger partial charge in [0.25, 0.3) is 5.56 Å². The molecule has 0 aliphatic heterocycles. The standard InChI is InChI=1S/C43H40N2O3S/c1-3-48-42(47)36-26-34(29-22-23-29)40-28(2)33(24-25-45(40)41(36)46)39-27-35-37(20-13-21-38(35)49-39)44-43(30-14-7-4-8-15-30,31-16-9-5-10-17-31)32-18-11-6-12-19-32/h4-12,14-19,24-27,29,37,44H,3,13,20-23H2,1-2H3. The van der Waals surface area contributed by atoms with Crippen LogP contribution in [-0.2, 0) is 16.7 Å². The SMILES string of the molecule is CCOC(=O)c1cc(C2CC2)c2c(C)c(-c3cc4c(s3)CCCC4NC(c3ccccc3)(c3ccccc3)c3ccccc3)ccn2c1=O. The maximum atomic E-state index is 13.6. The van der Waals surface area contributed by atoms with Gasteiger partial charge in [0.2, 0.25) is 0 Å². The summed E-state index contributed by atoms with van der Waals surface area (Å²) in [5.41, 5.74) is 8.44. The molecule has 0 spiro atoms. The Labute approximate surface area is 291 Å². The number of carbonyl (C=O) groups is 1. The van der Waals surface area contributed by atoms with Gasteiger partial charge in [0.05, 0.1) is 17.7 Å². The smallest absolute Gasteiger partial charge is 0.343 e. The zero-order valence-electron chi connectivity index (χ0n) is 27.9. The lowest BCUT2D eigenvalue weighted by Crippen LogP contribution is -2.47. The molecule has 1 N–H and O–H groups in total. The predicted octanol–water partition coefficient (Wildman–Crippen LogP) is 9.35. The van der Waals surface area contributed by atoms with Crippen molar-refractivity contribution in [2.24, 2.45) is 0 Å². The number of esters is 1. The van der Waals surface area contributed by atoms with Crippen LogP contribution in [0.1, 0.15) is 93.2 Å². The van der Waals surface area contributed by atoms with Gasteiger partial charge in [0.1, 0.15) is 5.56 Å². The van der Waals surface area contributed by atoms with Gasteiger partial charge in [-0.1, -0.05) is 91.0 Å². The molecule has 3 aromatic heterocycles. The van der Waals surface area contributed by atoms with Crippen LogP contribution in [0.4, 0.5) is 0 Å². The van der Waals surface area contributed by atoms with Crippen LogP contribution in [0.2, 0.25) is 0 Å². The summed E-state index contributed by atoms with van der Waals surface area (Å²) in [4.78, 5) is 29.0. The van der Waals surface area contributed by atoms with Gasteiger partial charge < -0.3 is 4.74 Å². The highest BCUT2D eigenvalue weighted by molar-refractivity contribution is 7.15. The van der Waals surface area contributed by atoms with E-state index in [0.29, 0.717) is 5.92 Å². The maximum Gasteiger partial charge on any atom is 0.343 e. The Bertz CT molecular complexity index is 2100. The van der Waals surface area contributed by atoms with Gasteiger partial charge in [-0.2, -0.15) is 0 Å². The highest BCUT2D eigenvalue weighted by Crippen LogP contribution is 2.47. The number of aromatic nitrogens is 1. The number of carbonyl (C=O) groups excluding carboxylic acids is 1. The summed E-state index contributed by atoms with van der Waals surface area (Å²) in [7, 11) is 0. The number of hydrogen-bond acceptors (Lipinski definition) is 5. The molecule has 0 saturated heterocycles. The van der Waals surface area contributed by atoms with E-state index in [1.165, 1.54) is 32.0 Å². The third kappa shape index (κ3) is 5.53. The van der Waals surface area contributed by atoms with Crippen molar-refractivity contribution in [3.63, 3.8) is 0 Å². The number of nitrogens with zero attached hydrogens (tertiary/aromatic N) is 1. The molecule has 6 aromatic rings. The number of fused-ring (bicyclic) bond motifs is 2. The molecule has 3 heterocycles. The summed E-state index contributed by atoms with van der Waals surface area (Å²) < 4.78 is 6.93. The lowest BCUT2D eigenvalue weighted by Gasteiger charge is -2.41. The van der Waals surface area contributed by atoms with Gasteiger partial charge in [-0.05, 0) is 109 Å².